The summed E-state index contributed by atoms with van der Waals surface area (Å²) in [6.07, 6.45) is 1.05. The summed E-state index contributed by atoms with van der Waals surface area (Å²) in [4.78, 5) is 20.4. The van der Waals surface area contributed by atoms with Crippen LogP contribution in [0.4, 0.5) is 0 Å². The van der Waals surface area contributed by atoms with E-state index < -0.39 is 5.97 Å². The predicted octanol–water partition coefficient (Wildman–Crippen LogP) is 3.01. The third kappa shape index (κ3) is 6.41. The van der Waals surface area contributed by atoms with E-state index in [2.05, 4.69) is 37.4 Å². The van der Waals surface area contributed by atoms with Crippen LogP contribution < -0.4 is 4.89 Å². The van der Waals surface area contributed by atoms with Crippen LogP contribution in [0.2, 0.25) is 0 Å². The summed E-state index contributed by atoms with van der Waals surface area (Å²) in [7, 11) is 0. The summed E-state index contributed by atoms with van der Waals surface area (Å²) in [6.45, 7) is 7.37. The van der Waals surface area contributed by atoms with Gasteiger partial charge >= 0.3 is 5.97 Å². The Morgan fingerprint density at radius 2 is 1.52 bits per heavy atom. The van der Waals surface area contributed by atoms with Crippen molar-refractivity contribution < 1.29 is 24.8 Å². The normalized spacial score (nSPS) is 10.2. The quantitative estimate of drug-likeness (QED) is 0.479. The van der Waals surface area contributed by atoms with Gasteiger partial charge in [-0.25, -0.2) is 9.68 Å². The Balaban J connectivity index is 0.000000705. The number of aliphatic hydroxyl groups excluding tert-OH is 2. The van der Waals surface area contributed by atoms with Crippen LogP contribution in [0.25, 0.3) is 0 Å². The van der Waals surface area contributed by atoms with Gasteiger partial charge in [-0.15, -0.1) is 0 Å². The van der Waals surface area contributed by atoms with Crippen molar-refractivity contribution in [1.82, 2.24) is 0 Å². The first-order chi connectivity index (χ1) is 12.0. The highest BCUT2D eigenvalue weighted by Gasteiger charge is 2.22. The number of aliphatic hydroxyl groups is 2. The predicted molar refractivity (Wildman–Crippen MR) is 96.1 cm³/mol. The molecule has 5 heteroatoms. The van der Waals surface area contributed by atoms with Crippen molar-refractivity contribution in [2.24, 2.45) is 0 Å². The molecule has 0 heterocycles. The SMILES string of the molecule is C=CC(=O)OOc1ccc(C(C)(C)c2ccccc2)cc1.OCCO. The van der Waals surface area contributed by atoms with Crippen LogP contribution in [0.3, 0.4) is 0 Å². The molecule has 0 aliphatic rings. The molecule has 0 fully saturated rings. The molecule has 0 aromatic heterocycles. The van der Waals surface area contributed by atoms with Crippen LogP contribution >= 0.6 is 0 Å². The van der Waals surface area contributed by atoms with Gasteiger partial charge in [0.1, 0.15) is 0 Å². The summed E-state index contributed by atoms with van der Waals surface area (Å²) in [6, 6.07) is 17.8. The maximum atomic E-state index is 10.9. The van der Waals surface area contributed by atoms with Gasteiger partial charge in [-0.3, -0.25) is 4.89 Å². The Hall–Kier alpha value is -2.63. The monoisotopic (exact) mass is 344 g/mol. The maximum absolute atomic E-state index is 10.9. The zero-order valence-electron chi connectivity index (χ0n) is 14.5. The first-order valence-corrected chi connectivity index (χ1v) is 7.84. The number of hydrogen-bond donors (Lipinski definition) is 2. The lowest BCUT2D eigenvalue weighted by atomic mass is 9.78. The molecule has 0 bridgehead atoms. The van der Waals surface area contributed by atoms with Crippen molar-refractivity contribution in [2.45, 2.75) is 19.3 Å². The number of benzene rings is 2. The summed E-state index contributed by atoms with van der Waals surface area (Å²) in [5.74, 6) is -0.151. The lowest BCUT2D eigenvalue weighted by Gasteiger charge is -2.26. The van der Waals surface area contributed by atoms with Gasteiger partial charge in [-0.1, -0.05) is 62.9 Å². The molecular formula is C20H24O5. The van der Waals surface area contributed by atoms with E-state index in [1.807, 2.05) is 30.3 Å². The van der Waals surface area contributed by atoms with Crippen LogP contribution in [-0.4, -0.2) is 29.4 Å². The Bertz CT molecular complexity index is 646. The Morgan fingerprint density at radius 1 is 1.00 bits per heavy atom. The van der Waals surface area contributed by atoms with E-state index in [0.717, 1.165) is 11.6 Å². The summed E-state index contributed by atoms with van der Waals surface area (Å²) in [5.41, 5.74) is 2.27. The second kappa shape index (κ2) is 10.3. The second-order valence-electron chi connectivity index (χ2n) is 5.65. The summed E-state index contributed by atoms with van der Waals surface area (Å²) >= 11 is 0. The molecule has 2 N–H and O–H groups in total. The molecule has 0 aliphatic heterocycles. The molecule has 0 spiro atoms. The third-order valence-corrected chi connectivity index (χ3v) is 3.56. The van der Waals surface area contributed by atoms with Gasteiger partial charge in [0, 0.05) is 11.5 Å². The van der Waals surface area contributed by atoms with E-state index >= 15 is 0 Å². The highest BCUT2D eigenvalue weighted by atomic mass is 17.2. The Labute approximate surface area is 148 Å². The van der Waals surface area contributed by atoms with Crippen molar-refractivity contribution in [1.29, 1.82) is 0 Å². The molecule has 0 aliphatic carbocycles. The highest BCUT2D eigenvalue weighted by molar-refractivity contribution is 5.80. The van der Waals surface area contributed by atoms with E-state index in [9.17, 15) is 4.79 Å². The molecule has 134 valence electrons. The molecule has 2 aromatic rings. The van der Waals surface area contributed by atoms with Crippen LogP contribution in [0, 0.1) is 0 Å². The first-order valence-electron chi connectivity index (χ1n) is 7.84. The molecule has 5 nitrogen and oxygen atoms in total. The molecule has 0 unspecified atom stereocenters. The second-order valence-corrected chi connectivity index (χ2v) is 5.65. The van der Waals surface area contributed by atoms with Gasteiger partial charge < -0.3 is 10.2 Å². The van der Waals surface area contributed by atoms with Crippen LogP contribution in [-0.2, 0) is 15.1 Å². The number of hydrogen-bond acceptors (Lipinski definition) is 5. The van der Waals surface area contributed by atoms with Crippen molar-refractivity contribution in [3.05, 3.63) is 78.4 Å². The largest absolute Gasteiger partial charge is 0.394 e. The number of carbonyl (C=O) groups is 1. The standard InChI is InChI=1S/C18H18O3.C2H6O2/c1-4-17(19)21-20-16-12-10-15(11-13-16)18(2,3)14-8-6-5-7-9-14;3-1-2-4/h4-13H,1H2,2-3H3;3-4H,1-2H2. The average molecular weight is 344 g/mol. The van der Waals surface area contributed by atoms with Gasteiger partial charge in [0.2, 0.25) is 0 Å². The molecule has 2 aromatic carbocycles. The Morgan fingerprint density at radius 3 is 2.00 bits per heavy atom. The molecule has 0 saturated carbocycles. The molecule has 0 saturated heterocycles. The zero-order valence-corrected chi connectivity index (χ0v) is 14.5. The topological polar surface area (TPSA) is 76.0 Å². The zero-order chi connectivity index (χ0) is 18.7. The van der Waals surface area contributed by atoms with Gasteiger partial charge in [-0.2, -0.15) is 0 Å². The molecular weight excluding hydrogens is 320 g/mol. The van der Waals surface area contributed by atoms with Gasteiger partial charge in [-0.05, 0) is 23.3 Å². The van der Waals surface area contributed by atoms with E-state index in [0.29, 0.717) is 5.75 Å². The molecule has 0 amide bonds. The molecule has 0 radical (unpaired) electrons. The summed E-state index contributed by atoms with van der Waals surface area (Å²) in [5, 5.41) is 15.2. The van der Waals surface area contributed by atoms with Crippen LogP contribution in [0.15, 0.2) is 67.3 Å². The van der Waals surface area contributed by atoms with E-state index in [1.165, 1.54) is 5.56 Å². The van der Waals surface area contributed by atoms with Gasteiger partial charge in [0.15, 0.2) is 5.75 Å². The molecule has 0 atom stereocenters. The molecule has 2 rings (SSSR count). The fraction of sp³-hybridized carbons (Fsp3) is 0.250. The van der Waals surface area contributed by atoms with Gasteiger partial charge in [0.25, 0.3) is 0 Å². The number of rotatable bonds is 6. The van der Waals surface area contributed by atoms with Crippen molar-refractivity contribution in [3.8, 4) is 5.75 Å². The minimum Gasteiger partial charge on any atom is -0.394 e. The number of carbonyl (C=O) groups excluding carboxylic acids is 1. The Kier molecular flexibility index (Phi) is 8.39. The fourth-order valence-corrected chi connectivity index (χ4v) is 2.07. The molecule has 25 heavy (non-hydrogen) atoms. The van der Waals surface area contributed by atoms with E-state index in [4.69, 9.17) is 15.1 Å². The van der Waals surface area contributed by atoms with E-state index in [1.54, 1.807) is 12.1 Å². The van der Waals surface area contributed by atoms with E-state index in [-0.39, 0.29) is 18.6 Å². The van der Waals surface area contributed by atoms with Crippen LogP contribution in [0.5, 0.6) is 5.75 Å². The van der Waals surface area contributed by atoms with Crippen molar-refractivity contribution in [3.63, 3.8) is 0 Å². The smallest absolute Gasteiger partial charge is 0.378 e. The average Bonchev–Trinajstić information content (AvgIpc) is 2.67. The van der Waals surface area contributed by atoms with Crippen molar-refractivity contribution >= 4 is 5.97 Å². The third-order valence-electron chi connectivity index (χ3n) is 3.56. The maximum Gasteiger partial charge on any atom is 0.378 e. The minimum absolute atomic E-state index is 0.114. The van der Waals surface area contributed by atoms with Gasteiger partial charge in [0.05, 0.1) is 13.2 Å². The lowest BCUT2D eigenvalue weighted by molar-refractivity contribution is -0.207. The van der Waals surface area contributed by atoms with Crippen LogP contribution in [0.1, 0.15) is 25.0 Å². The van der Waals surface area contributed by atoms with Crippen molar-refractivity contribution in [2.75, 3.05) is 13.2 Å². The fourth-order valence-electron chi connectivity index (χ4n) is 2.07. The summed E-state index contributed by atoms with van der Waals surface area (Å²) < 4.78 is 0. The minimum atomic E-state index is -0.622. The lowest BCUT2D eigenvalue weighted by Crippen LogP contribution is -2.18. The first kappa shape index (κ1) is 20.4. The highest BCUT2D eigenvalue weighted by Crippen LogP contribution is 2.32.